The number of fused-ring (bicyclic) bond motifs is 1. The summed E-state index contributed by atoms with van der Waals surface area (Å²) in [6.45, 7) is 7.28. The summed E-state index contributed by atoms with van der Waals surface area (Å²) < 4.78 is 7.94. The summed E-state index contributed by atoms with van der Waals surface area (Å²) in [6, 6.07) is 11.8. The van der Waals surface area contributed by atoms with Gasteiger partial charge in [-0.15, -0.1) is 0 Å². The summed E-state index contributed by atoms with van der Waals surface area (Å²) in [4.78, 5) is 28.1. The third-order valence-electron chi connectivity index (χ3n) is 5.83. The number of hydrogen-bond acceptors (Lipinski definition) is 8. The van der Waals surface area contributed by atoms with Gasteiger partial charge in [-0.2, -0.15) is 4.98 Å². The van der Waals surface area contributed by atoms with Crippen LogP contribution in [0, 0.1) is 0 Å². The molecular weight excluding hydrogens is 468 g/mol. The number of likely N-dealkylation sites (N-methyl/N-ethyl adjacent to an activating group) is 2. The normalized spacial score (nSPS) is 10.8. The predicted molar refractivity (Wildman–Crippen MR) is 149 cm³/mol. The molecule has 3 N–H and O–H groups in total. The first kappa shape index (κ1) is 25.6. The Bertz CT molecular complexity index is 1420. The average Bonchev–Trinajstić information content (AvgIpc) is 3.25. The van der Waals surface area contributed by atoms with Crippen molar-refractivity contribution in [2.45, 2.75) is 6.92 Å². The van der Waals surface area contributed by atoms with Crippen LogP contribution in [0.5, 0.6) is 5.88 Å². The Balaban J connectivity index is 1.73. The molecule has 0 aliphatic rings. The molecule has 0 saturated carbocycles. The van der Waals surface area contributed by atoms with Crippen molar-refractivity contribution in [3.63, 3.8) is 0 Å². The Morgan fingerprint density at radius 3 is 2.78 bits per heavy atom. The van der Waals surface area contributed by atoms with E-state index in [9.17, 15) is 4.79 Å². The van der Waals surface area contributed by atoms with E-state index in [1.807, 2.05) is 51.2 Å². The first-order valence-electron chi connectivity index (χ1n) is 12.1. The molecule has 10 heteroatoms. The van der Waals surface area contributed by atoms with Crippen molar-refractivity contribution in [1.82, 2.24) is 24.8 Å². The van der Waals surface area contributed by atoms with Crippen LogP contribution in [0.3, 0.4) is 0 Å². The van der Waals surface area contributed by atoms with Gasteiger partial charge in [0.2, 0.25) is 17.7 Å². The molecule has 0 spiro atoms. The van der Waals surface area contributed by atoms with E-state index in [4.69, 9.17) is 14.7 Å². The Morgan fingerprint density at radius 2 is 2.03 bits per heavy atom. The number of hydrogen-bond donors (Lipinski definition) is 3. The maximum atomic E-state index is 12.2. The van der Waals surface area contributed by atoms with E-state index < -0.39 is 0 Å². The van der Waals surface area contributed by atoms with E-state index in [1.165, 1.54) is 6.08 Å². The molecule has 10 nitrogen and oxygen atoms in total. The summed E-state index contributed by atoms with van der Waals surface area (Å²) in [6.07, 6.45) is 4.99. The summed E-state index contributed by atoms with van der Waals surface area (Å²) in [5, 5.41) is 10.3. The number of benzene rings is 1. The lowest BCUT2D eigenvalue weighted by molar-refractivity contribution is -0.111. The van der Waals surface area contributed by atoms with Gasteiger partial charge >= 0.3 is 0 Å². The average molecular weight is 501 g/mol. The number of carbonyl (C=O) groups is 1. The molecule has 37 heavy (non-hydrogen) atoms. The second-order valence-corrected chi connectivity index (χ2v) is 8.43. The number of nitrogens with zero attached hydrogens (tertiary/aromatic N) is 5. The number of para-hydroxylation sites is 1. The van der Waals surface area contributed by atoms with Crippen LogP contribution in [0.2, 0.25) is 0 Å². The molecule has 3 heterocycles. The van der Waals surface area contributed by atoms with Crippen molar-refractivity contribution < 1.29 is 9.53 Å². The molecule has 4 rings (SSSR count). The minimum absolute atomic E-state index is 0.339. The van der Waals surface area contributed by atoms with Gasteiger partial charge in [-0.1, -0.05) is 24.8 Å². The summed E-state index contributed by atoms with van der Waals surface area (Å²) in [5.74, 6) is 0.995. The number of ether oxygens (including phenoxy) is 1. The van der Waals surface area contributed by atoms with E-state index >= 15 is 0 Å². The fourth-order valence-electron chi connectivity index (χ4n) is 4.01. The van der Waals surface area contributed by atoms with Gasteiger partial charge < -0.3 is 30.2 Å². The van der Waals surface area contributed by atoms with Crippen molar-refractivity contribution in [2.24, 2.45) is 7.05 Å². The molecule has 0 aliphatic heterocycles. The lowest BCUT2D eigenvalue weighted by atomic mass is 10.1. The number of nitrogens with one attached hydrogen (secondary N) is 3. The minimum atomic E-state index is -0.339. The van der Waals surface area contributed by atoms with Gasteiger partial charge in [0, 0.05) is 56.0 Å². The van der Waals surface area contributed by atoms with Crippen LogP contribution in [-0.2, 0) is 11.8 Å². The highest BCUT2D eigenvalue weighted by molar-refractivity contribution is 6.01. The zero-order chi connectivity index (χ0) is 26.4. The number of rotatable bonds is 11. The van der Waals surface area contributed by atoms with Gasteiger partial charge in [-0.25, -0.2) is 9.97 Å². The van der Waals surface area contributed by atoms with Crippen molar-refractivity contribution >= 4 is 40.0 Å². The van der Waals surface area contributed by atoms with Crippen LogP contribution in [0.1, 0.15) is 6.92 Å². The molecule has 0 aliphatic carbocycles. The minimum Gasteiger partial charge on any atom is -0.476 e. The Hall–Kier alpha value is -4.44. The molecule has 0 bridgehead atoms. The molecule has 1 amide bonds. The van der Waals surface area contributed by atoms with Gasteiger partial charge in [0.15, 0.2) is 5.82 Å². The highest BCUT2D eigenvalue weighted by Crippen LogP contribution is 2.35. The molecular formula is C27H32N8O2. The molecule has 4 aromatic rings. The first-order valence-corrected chi connectivity index (χ1v) is 12.1. The van der Waals surface area contributed by atoms with Crippen LogP contribution in [0.4, 0.5) is 23.1 Å². The molecule has 192 valence electrons. The third-order valence-corrected chi connectivity index (χ3v) is 5.83. The summed E-state index contributed by atoms with van der Waals surface area (Å²) in [5.41, 5.74) is 3.95. The van der Waals surface area contributed by atoms with E-state index in [0.717, 1.165) is 28.7 Å². The predicted octanol–water partition coefficient (Wildman–Crippen LogP) is 3.95. The number of aryl methyl sites for hydroxylation is 1. The van der Waals surface area contributed by atoms with Crippen molar-refractivity contribution in [3.8, 4) is 17.1 Å². The Kier molecular flexibility index (Phi) is 7.99. The number of pyridine rings is 1. The second kappa shape index (κ2) is 11.5. The Morgan fingerprint density at radius 1 is 1.22 bits per heavy atom. The molecule has 0 saturated heterocycles. The fourth-order valence-corrected chi connectivity index (χ4v) is 4.01. The number of amides is 1. The lowest BCUT2D eigenvalue weighted by Gasteiger charge is -2.23. The van der Waals surface area contributed by atoms with E-state index in [-0.39, 0.29) is 5.91 Å². The first-order chi connectivity index (χ1) is 17.9. The zero-order valence-corrected chi connectivity index (χ0v) is 21.6. The summed E-state index contributed by atoms with van der Waals surface area (Å²) in [7, 11) is 5.80. The third kappa shape index (κ3) is 5.70. The highest BCUT2D eigenvalue weighted by atomic mass is 16.5. The fraction of sp³-hybridized carbons (Fsp3) is 0.259. The van der Waals surface area contributed by atoms with Gasteiger partial charge in [0.1, 0.15) is 5.69 Å². The van der Waals surface area contributed by atoms with Gasteiger partial charge in [-0.05, 0) is 38.2 Å². The summed E-state index contributed by atoms with van der Waals surface area (Å²) >= 11 is 0. The van der Waals surface area contributed by atoms with Gasteiger partial charge in [-0.3, -0.25) is 4.79 Å². The maximum Gasteiger partial charge on any atom is 0.247 e. The van der Waals surface area contributed by atoms with Crippen LogP contribution in [0.15, 0.2) is 61.4 Å². The van der Waals surface area contributed by atoms with Crippen LogP contribution in [-0.4, -0.2) is 59.2 Å². The maximum absolute atomic E-state index is 12.2. The van der Waals surface area contributed by atoms with Crippen LogP contribution < -0.4 is 25.6 Å². The van der Waals surface area contributed by atoms with E-state index in [1.54, 1.807) is 12.3 Å². The standard InChI is InChI=1S/C27H32N8O2/c1-6-24(36)30-21-16-22(26(37-7-2)33-25(21)34(4)15-14-28-3)32-27-29-13-12-20(31-27)19-17-35(5)23-11-9-8-10-18(19)23/h6,8-13,16-17,28H,1,7,14-15H2,2-5H3,(H,30,36)(H,29,31,32). The molecule has 0 unspecified atom stereocenters. The van der Waals surface area contributed by atoms with Crippen molar-refractivity contribution in [3.05, 3.63) is 61.4 Å². The highest BCUT2D eigenvalue weighted by Gasteiger charge is 2.19. The van der Waals surface area contributed by atoms with E-state index in [0.29, 0.717) is 42.2 Å². The topological polar surface area (TPSA) is 109 Å². The largest absolute Gasteiger partial charge is 0.476 e. The SMILES string of the molecule is C=CC(=O)Nc1cc(Nc2nccc(-c3cn(C)c4ccccc34)n2)c(OCC)nc1N(C)CCNC. The lowest BCUT2D eigenvalue weighted by Crippen LogP contribution is -2.29. The van der Waals surface area contributed by atoms with Crippen molar-refractivity contribution in [1.29, 1.82) is 0 Å². The molecule has 1 aromatic carbocycles. The second-order valence-electron chi connectivity index (χ2n) is 8.43. The Labute approximate surface area is 216 Å². The molecule has 0 fully saturated rings. The smallest absolute Gasteiger partial charge is 0.247 e. The number of carbonyl (C=O) groups excluding carboxylic acids is 1. The number of anilines is 4. The molecule has 0 radical (unpaired) electrons. The van der Waals surface area contributed by atoms with Gasteiger partial charge in [0.05, 0.1) is 18.0 Å². The molecule has 3 aromatic heterocycles. The monoisotopic (exact) mass is 500 g/mol. The van der Waals surface area contributed by atoms with Crippen LogP contribution >= 0.6 is 0 Å². The number of aromatic nitrogens is 4. The van der Waals surface area contributed by atoms with Crippen LogP contribution in [0.25, 0.3) is 22.2 Å². The van der Waals surface area contributed by atoms with Crippen molar-refractivity contribution in [2.75, 3.05) is 49.3 Å². The quantitative estimate of drug-likeness (QED) is 0.266. The zero-order valence-electron chi connectivity index (χ0n) is 21.6. The van der Waals surface area contributed by atoms with E-state index in [2.05, 4.69) is 50.4 Å². The molecule has 0 atom stereocenters. The van der Waals surface area contributed by atoms with Gasteiger partial charge in [0.25, 0.3) is 0 Å².